The molecular weight excluding hydrogens is 556 g/mol. The predicted octanol–water partition coefficient (Wildman–Crippen LogP) is 3.22. The molecule has 1 aliphatic carbocycles. The second kappa shape index (κ2) is 11.4. The van der Waals surface area contributed by atoms with Gasteiger partial charge in [-0.15, -0.1) is 11.3 Å². The summed E-state index contributed by atoms with van der Waals surface area (Å²) >= 11 is 1.46. The molecule has 0 aromatic carbocycles. The van der Waals surface area contributed by atoms with Gasteiger partial charge in [0.1, 0.15) is 28.1 Å². The van der Waals surface area contributed by atoms with Gasteiger partial charge in [0.05, 0.1) is 18.1 Å². The molecule has 3 aromatic heterocycles. The number of nitrogens with one attached hydrogen (secondary N) is 1. The zero-order valence-corrected chi connectivity index (χ0v) is 24.2. The topological polar surface area (TPSA) is 161 Å². The molecule has 0 bridgehead atoms. The Kier molecular flexibility index (Phi) is 7.67. The van der Waals surface area contributed by atoms with Crippen molar-refractivity contribution < 1.29 is 24.2 Å². The molecule has 4 N–H and O–H groups in total. The first kappa shape index (κ1) is 28.2. The number of hydrogen-bond donors (Lipinski definition) is 3. The molecule has 2 amide bonds. The smallest absolute Gasteiger partial charge is 0.330 e. The van der Waals surface area contributed by atoms with Crippen molar-refractivity contribution >= 4 is 39.3 Å². The van der Waals surface area contributed by atoms with Crippen LogP contribution in [0, 0.1) is 12.8 Å². The number of allylic oxidation sites excluding steroid dienone is 1. The number of carbonyl (C=O) groups excluding carboxylic acids is 2. The minimum atomic E-state index is -1.37. The second-order valence-corrected chi connectivity index (χ2v) is 12.3. The molecule has 0 radical (unpaired) electrons. The van der Waals surface area contributed by atoms with Crippen LogP contribution in [0.5, 0.6) is 5.88 Å². The molecule has 1 saturated heterocycles. The third-order valence-corrected chi connectivity index (χ3v) is 9.47. The molecule has 1 saturated carbocycles. The number of fused-ring (bicyclic) bond motifs is 3. The van der Waals surface area contributed by atoms with E-state index in [2.05, 4.69) is 10.3 Å². The molecule has 2 aliphatic heterocycles. The third kappa shape index (κ3) is 5.36. The molecule has 3 aliphatic rings. The van der Waals surface area contributed by atoms with Gasteiger partial charge in [-0.25, -0.2) is 9.78 Å². The fourth-order valence-corrected chi connectivity index (χ4v) is 6.81. The van der Waals surface area contributed by atoms with Gasteiger partial charge >= 0.3 is 5.97 Å². The largest absolute Gasteiger partial charge is 0.479 e. The van der Waals surface area contributed by atoms with Gasteiger partial charge in [-0.2, -0.15) is 4.98 Å². The molecule has 0 unspecified atom stereocenters. The molecule has 11 nitrogen and oxygen atoms in total. The van der Waals surface area contributed by atoms with Crippen molar-refractivity contribution in [2.24, 2.45) is 11.7 Å². The maximum Gasteiger partial charge on any atom is 0.330 e. The van der Waals surface area contributed by atoms with E-state index in [0.717, 1.165) is 41.5 Å². The van der Waals surface area contributed by atoms with Gasteiger partial charge in [0.25, 0.3) is 0 Å². The lowest BCUT2D eigenvalue weighted by atomic mass is 10.1. The van der Waals surface area contributed by atoms with Gasteiger partial charge in [0, 0.05) is 18.5 Å². The number of thiophene rings is 1. The van der Waals surface area contributed by atoms with Crippen LogP contribution in [0.3, 0.4) is 0 Å². The number of carboxylic acid groups (broad SMARTS) is 1. The lowest BCUT2D eigenvalue weighted by Gasteiger charge is -2.27. The van der Waals surface area contributed by atoms with Crippen molar-refractivity contribution in [2.75, 3.05) is 6.54 Å². The number of ether oxygens (including phenoxy) is 1. The van der Waals surface area contributed by atoms with Gasteiger partial charge in [-0.05, 0) is 55.7 Å². The van der Waals surface area contributed by atoms with Crippen molar-refractivity contribution in [3.63, 3.8) is 0 Å². The van der Waals surface area contributed by atoms with Crippen LogP contribution in [0.15, 0.2) is 41.9 Å². The van der Waals surface area contributed by atoms with E-state index in [4.69, 9.17) is 20.4 Å². The summed E-state index contributed by atoms with van der Waals surface area (Å²) in [6.45, 7) is 2.09. The second-order valence-electron chi connectivity index (χ2n) is 11.4. The van der Waals surface area contributed by atoms with Crippen molar-refractivity contribution in [3.05, 3.63) is 47.5 Å². The number of nitrogens with two attached hydrogens (primary N) is 1. The summed E-state index contributed by atoms with van der Waals surface area (Å²) in [6, 6.07) is 3.82. The highest BCUT2D eigenvalue weighted by Crippen LogP contribution is 2.45. The van der Waals surface area contributed by atoms with Crippen molar-refractivity contribution in [1.29, 1.82) is 0 Å². The Morgan fingerprint density at radius 3 is 2.88 bits per heavy atom. The van der Waals surface area contributed by atoms with Crippen LogP contribution in [-0.4, -0.2) is 73.0 Å². The van der Waals surface area contributed by atoms with Gasteiger partial charge in [0.15, 0.2) is 5.82 Å². The summed E-state index contributed by atoms with van der Waals surface area (Å²) < 4.78 is 7.20. The lowest BCUT2D eigenvalue weighted by molar-refractivity contribution is -0.145. The van der Waals surface area contributed by atoms with Crippen LogP contribution in [0.4, 0.5) is 0 Å². The van der Waals surface area contributed by atoms with Crippen LogP contribution in [0.2, 0.25) is 0 Å². The quantitative estimate of drug-likeness (QED) is 0.388. The fraction of sp³-hybridized carbons (Fsp3) is 0.467. The number of carbonyl (C=O) groups is 3. The van der Waals surface area contributed by atoms with Crippen LogP contribution in [0.25, 0.3) is 21.7 Å². The van der Waals surface area contributed by atoms with Crippen LogP contribution < -0.4 is 15.8 Å². The Hall–Kier alpha value is -3.90. The average molecular weight is 591 g/mol. The first-order valence-corrected chi connectivity index (χ1v) is 15.3. The van der Waals surface area contributed by atoms with E-state index in [0.29, 0.717) is 30.2 Å². The highest BCUT2D eigenvalue weighted by Gasteiger charge is 2.61. The summed E-state index contributed by atoms with van der Waals surface area (Å²) in [5, 5.41) is 14.8. The van der Waals surface area contributed by atoms with E-state index in [9.17, 15) is 19.5 Å². The van der Waals surface area contributed by atoms with Crippen molar-refractivity contribution in [1.82, 2.24) is 25.2 Å². The molecule has 3 aromatic rings. The lowest BCUT2D eigenvalue weighted by Crippen LogP contribution is -2.55. The highest BCUT2D eigenvalue weighted by atomic mass is 32.1. The molecule has 12 heteroatoms. The number of nitrogens with zero attached hydrogens (tertiary/aromatic N) is 4. The van der Waals surface area contributed by atoms with E-state index >= 15 is 0 Å². The highest BCUT2D eigenvalue weighted by molar-refractivity contribution is 7.17. The number of aromatic nitrogens is 3. The van der Waals surface area contributed by atoms with Gasteiger partial charge < -0.3 is 25.8 Å². The number of hydrogen-bond acceptors (Lipinski definition) is 9. The summed E-state index contributed by atoms with van der Waals surface area (Å²) in [6.07, 6.45) is 9.44. The molecule has 220 valence electrons. The zero-order valence-electron chi connectivity index (χ0n) is 23.4. The van der Waals surface area contributed by atoms with E-state index in [1.54, 1.807) is 6.20 Å². The van der Waals surface area contributed by atoms with Crippen LogP contribution >= 0.6 is 11.3 Å². The number of rotatable bonds is 4. The SMILES string of the molecule is Cc1csc2c(O[C@@H]3C[C@H]4C(=O)N[C@]5(C(=O)O)C[C@H]5C=CCCCCC[C@H](N)C(=O)N4C3)nc(-c3ccccn3)nc12. The first-order chi connectivity index (χ1) is 20.3. The van der Waals surface area contributed by atoms with E-state index in [1.165, 1.54) is 16.2 Å². The monoisotopic (exact) mass is 590 g/mol. The van der Waals surface area contributed by atoms with Crippen LogP contribution in [0.1, 0.15) is 50.5 Å². The summed E-state index contributed by atoms with van der Waals surface area (Å²) in [7, 11) is 0. The average Bonchev–Trinajstić information content (AvgIpc) is 3.30. The Balaban J connectivity index is 1.30. The van der Waals surface area contributed by atoms with Crippen molar-refractivity contribution in [3.8, 4) is 17.4 Å². The molecule has 5 atom stereocenters. The number of aryl methyl sites for hydroxylation is 1. The standard InChI is InChI=1S/C30H34N6O5S/c1-17-16-42-24-23(17)33-25(21-11-7-8-12-32-21)34-27(24)41-19-13-22-26(37)35-30(29(39)40)14-18(30)9-5-3-2-4-6-10-20(31)28(38)36(22)15-19/h5,7-9,11-12,16,18-20,22H,2-4,6,10,13-15,31H2,1H3,(H,35,37)(H,39,40)/t18-,19-,20+,22+,30-/m1/s1. The van der Waals surface area contributed by atoms with Crippen molar-refractivity contribution in [2.45, 2.75) is 75.6 Å². The number of pyridine rings is 1. The molecule has 0 spiro atoms. The summed E-state index contributed by atoms with van der Waals surface area (Å²) in [4.78, 5) is 54.8. The van der Waals surface area contributed by atoms with E-state index in [1.807, 2.05) is 42.7 Å². The predicted molar refractivity (Wildman–Crippen MR) is 157 cm³/mol. The maximum atomic E-state index is 13.7. The zero-order chi connectivity index (χ0) is 29.4. The van der Waals surface area contributed by atoms with E-state index < -0.39 is 35.6 Å². The Bertz CT molecular complexity index is 1540. The first-order valence-electron chi connectivity index (χ1n) is 14.4. The minimum absolute atomic E-state index is 0.128. The van der Waals surface area contributed by atoms with Crippen LogP contribution in [-0.2, 0) is 14.4 Å². The normalized spacial score (nSPS) is 28.4. The summed E-state index contributed by atoms with van der Waals surface area (Å²) in [5.74, 6) is -1.43. The summed E-state index contributed by atoms with van der Waals surface area (Å²) in [5.41, 5.74) is 7.30. The van der Waals surface area contributed by atoms with E-state index in [-0.39, 0.29) is 24.8 Å². The number of amides is 2. The Morgan fingerprint density at radius 2 is 2.10 bits per heavy atom. The molecule has 5 heterocycles. The van der Waals surface area contributed by atoms with Gasteiger partial charge in [0.2, 0.25) is 17.7 Å². The number of aliphatic carboxylic acids is 1. The van der Waals surface area contributed by atoms with Gasteiger partial charge in [-0.1, -0.05) is 31.1 Å². The third-order valence-electron chi connectivity index (χ3n) is 8.40. The fourth-order valence-electron chi connectivity index (χ4n) is 5.90. The Morgan fingerprint density at radius 1 is 1.24 bits per heavy atom. The molecular formula is C30H34N6O5S. The molecule has 6 rings (SSSR count). The molecule has 2 fully saturated rings. The maximum absolute atomic E-state index is 13.7. The van der Waals surface area contributed by atoms with Gasteiger partial charge in [-0.3, -0.25) is 14.6 Å². The Labute approximate surface area is 247 Å². The number of carboxylic acids is 1. The minimum Gasteiger partial charge on any atom is -0.479 e. The molecule has 42 heavy (non-hydrogen) atoms.